The van der Waals surface area contributed by atoms with Gasteiger partial charge in [-0.3, -0.25) is 0 Å². The molecule has 21 atom stereocenters. The summed E-state index contributed by atoms with van der Waals surface area (Å²) in [4.78, 5) is 0. The van der Waals surface area contributed by atoms with Gasteiger partial charge in [-0.05, 0) is 78.1 Å². The molecule has 6 rings (SSSR count). The molecule has 54 heavy (non-hydrogen) atoms. The smallest absolute Gasteiger partial charge is 0.187 e. The molecule has 0 amide bonds. The quantitative estimate of drug-likeness (QED) is 0.130. The zero-order chi connectivity index (χ0) is 39.5. The molecule has 310 valence electrons. The predicted octanol–water partition coefficient (Wildman–Crippen LogP) is 0.381. The van der Waals surface area contributed by atoms with Gasteiger partial charge in [-0.25, -0.2) is 0 Å². The van der Waals surface area contributed by atoms with E-state index in [2.05, 4.69) is 32.9 Å². The first-order valence-corrected chi connectivity index (χ1v) is 20.0. The summed E-state index contributed by atoms with van der Waals surface area (Å²) in [6.07, 6.45) is -3.27. The maximum atomic E-state index is 12.8. The topological polar surface area (TPSA) is 228 Å². The van der Waals surface area contributed by atoms with Gasteiger partial charge in [0.2, 0.25) is 0 Å². The number of allylic oxidation sites excluding steroid dienone is 2. The fraction of sp³-hybridized carbons (Fsp3) is 0.900. The highest BCUT2D eigenvalue weighted by Gasteiger charge is 2.72. The molecule has 6 aliphatic rings. The number of methoxy groups -OCH3 is 1. The second kappa shape index (κ2) is 16.3. The molecule has 2 aliphatic heterocycles. The summed E-state index contributed by atoms with van der Waals surface area (Å²) in [7, 11) is 1.42. The van der Waals surface area contributed by atoms with E-state index in [9.17, 15) is 46.0 Å². The van der Waals surface area contributed by atoms with E-state index in [-0.39, 0.29) is 55.8 Å². The van der Waals surface area contributed by atoms with Crippen LogP contribution in [-0.2, 0) is 23.7 Å². The molecular weight excluding hydrogens is 704 g/mol. The van der Waals surface area contributed by atoms with Crippen molar-refractivity contribution in [1.82, 2.24) is 0 Å². The van der Waals surface area contributed by atoms with Crippen LogP contribution in [0.25, 0.3) is 0 Å². The van der Waals surface area contributed by atoms with Crippen LogP contribution in [0, 0.1) is 46.3 Å². The average molecular weight is 771 g/mol. The van der Waals surface area contributed by atoms with Crippen LogP contribution in [0.3, 0.4) is 0 Å². The van der Waals surface area contributed by atoms with Crippen LogP contribution >= 0.6 is 0 Å². The van der Waals surface area contributed by atoms with Gasteiger partial charge in [-0.2, -0.15) is 0 Å². The lowest BCUT2D eigenvalue weighted by molar-refractivity contribution is -0.285. The fourth-order valence-electron chi connectivity index (χ4n) is 11.8. The Morgan fingerprint density at radius 3 is 2.19 bits per heavy atom. The molecule has 0 unspecified atom stereocenters. The summed E-state index contributed by atoms with van der Waals surface area (Å²) in [5.74, 6) is -1.36. The Labute approximate surface area is 318 Å². The lowest BCUT2D eigenvalue weighted by Gasteiger charge is -2.63. The van der Waals surface area contributed by atoms with Gasteiger partial charge in [-0.15, -0.1) is 0 Å². The summed E-state index contributed by atoms with van der Waals surface area (Å²) in [6, 6.07) is 0. The SMILES string of the molecule is CC[C@H](/C=C/[C@H](C)[C@H]1[C@@H](O)[C@H](O)[C@@H]2[C@]1(C)CC[C@H]1[C@@]2(O)C[C@@H](O)C2=C[C@@H](O[C@@H]3OC[C@@H](O)[C@H](O)[C@H]3OC)CC[C@@]21C)[C@H](C)CO[C@H]1OC[C@H](O)[C@@H](O)[C@H]1O. The van der Waals surface area contributed by atoms with Crippen LogP contribution in [0.1, 0.15) is 73.1 Å². The van der Waals surface area contributed by atoms with Crippen LogP contribution in [0.4, 0.5) is 0 Å². The molecule has 0 aromatic heterocycles. The Morgan fingerprint density at radius 1 is 0.852 bits per heavy atom. The fourth-order valence-corrected chi connectivity index (χ4v) is 11.8. The lowest BCUT2D eigenvalue weighted by atomic mass is 9.43. The van der Waals surface area contributed by atoms with E-state index in [1.807, 2.05) is 19.9 Å². The van der Waals surface area contributed by atoms with E-state index in [1.165, 1.54) is 7.11 Å². The van der Waals surface area contributed by atoms with E-state index in [0.717, 1.165) is 12.0 Å². The van der Waals surface area contributed by atoms with E-state index in [0.29, 0.717) is 25.7 Å². The number of rotatable bonds is 11. The van der Waals surface area contributed by atoms with Gasteiger partial charge in [0.25, 0.3) is 0 Å². The molecule has 14 heteroatoms. The molecular formula is C40H66O14. The van der Waals surface area contributed by atoms with E-state index < -0.39 is 96.0 Å². The zero-order valence-electron chi connectivity index (χ0n) is 32.6. The molecule has 3 saturated carbocycles. The van der Waals surface area contributed by atoms with E-state index in [4.69, 9.17) is 23.7 Å². The second-order valence-corrected chi connectivity index (χ2v) is 17.9. The molecule has 14 nitrogen and oxygen atoms in total. The van der Waals surface area contributed by atoms with Crippen LogP contribution < -0.4 is 0 Å². The van der Waals surface area contributed by atoms with Crippen molar-refractivity contribution in [1.29, 1.82) is 0 Å². The molecule has 0 aromatic carbocycles. The van der Waals surface area contributed by atoms with Gasteiger partial charge in [0.1, 0.15) is 36.6 Å². The van der Waals surface area contributed by atoms with Gasteiger partial charge in [0.15, 0.2) is 12.6 Å². The minimum absolute atomic E-state index is 0.0140. The van der Waals surface area contributed by atoms with Crippen molar-refractivity contribution in [3.63, 3.8) is 0 Å². The number of ether oxygens (including phenoxy) is 5. The Bertz CT molecular complexity index is 1350. The van der Waals surface area contributed by atoms with Gasteiger partial charge >= 0.3 is 0 Å². The Balaban J connectivity index is 1.15. The number of hydrogen-bond donors (Lipinski definition) is 9. The summed E-state index contributed by atoms with van der Waals surface area (Å²) in [5.41, 5.74) is -1.87. The molecule has 4 aliphatic carbocycles. The van der Waals surface area contributed by atoms with Crippen molar-refractivity contribution in [3.05, 3.63) is 23.8 Å². The molecule has 0 radical (unpaired) electrons. The first-order chi connectivity index (χ1) is 25.4. The molecule has 0 aromatic rings. The highest BCUT2D eigenvalue weighted by molar-refractivity contribution is 5.33. The maximum absolute atomic E-state index is 12.8. The van der Waals surface area contributed by atoms with Crippen molar-refractivity contribution in [3.8, 4) is 0 Å². The van der Waals surface area contributed by atoms with E-state index >= 15 is 0 Å². The first-order valence-electron chi connectivity index (χ1n) is 20.0. The third kappa shape index (κ3) is 7.29. The number of fused-ring (bicyclic) bond motifs is 5. The summed E-state index contributed by atoms with van der Waals surface area (Å²) >= 11 is 0. The highest BCUT2D eigenvalue weighted by Crippen LogP contribution is 2.69. The van der Waals surface area contributed by atoms with Gasteiger partial charge in [0, 0.05) is 19.4 Å². The molecule has 5 fully saturated rings. The van der Waals surface area contributed by atoms with Crippen molar-refractivity contribution >= 4 is 0 Å². The molecule has 2 saturated heterocycles. The highest BCUT2D eigenvalue weighted by atomic mass is 16.7. The molecule has 0 spiro atoms. The minimum Gasteiger partial charge on any atom is -0.390 e. The minimum atomic E-state index is -1.44. The largest absolute Gasteiger partial charge is 0.390 e. The molecule has 9 N–H and O–H groups in total. The Kier molecular flexibility index (Phi) is 12.8. The average Bonchev–Trinajstić information content (AvgIpc) is 3.33. The first kappa shape index (κ1) is 42.5. The van der Waals surface area contributed by atoms with Crippen LogP contribution in [0.5, 0.6) is 0 Å². The van der Waals surface area contributed by atoms with Crippen molar-refractivity contribution in [2.75, 3.05) is 26.9 Å². The van der Waals surface area contributed by atoms with Gasteiger partial charge < -0.3 is 69.6 Å². The number of aliphatic hydroxyl groups excluding tert-OH is 8. The summed E-state index contributed by atoms with van der Waals surface area (Å²) in [6.45, 7) is 10.3. The Morgan fingerprint density at radius 2 is 1.52 bits per heavy atom. The summed E-state index contributed by atoms with van der Waals surface area (Å²) < 4.78 is 28.5. The van der Waals surface area contributed by atoms with E-state index in [1.54, 1.807) is 0 Å². The third-order valence-electron chi connectivity index (χ3n) is 14.7. The zero-order valence-corrected chi connectivity index (χ0v) is 32.6. The van der Waals surface area contributed by atoms with Crippen molar-refractivity contribution < 1.29 is 69.6 Å². The van der Waals surface area contributed by atoms with Crippen molar-refractivity contribution in [2.45, 2.75) is 152 Å². The second-order valence-electron chi connectivity index (χ2n) is 17.9. The summed E-state index contributed by atoms with van der Waals surface area (Å²) in [5, 5.41) is 98.7. The number of hydrogen-bond acceptors (Lipinski definition) is 14. The van der Waals surface area contributed by atoms with Crippen LogP contribution in [-0.4, -0.2) is 152 Å². The van der Waals surface area contributed by atoms with Crippen LogP contribution in [0.15, 0.2) is 23.8 Å². The molecule has 2 heterocycles. The standard InChI is InChI=1S/C40H66O14/c1-7-21(20(3)16-51-36-33(48)29(44)25(42)17-52-36)9-8-19(2)28-31(46)32(47)35-39(28,5)13-11-27-38(4)12-10-22(14-23(38)24(41)15-40(27,35)49)54-37-34(50-6)30(45)26(43)18-53-37/h8-9,14,19-22,24-37,41-49H,7,10-13,15-18H2,1-6H3/b9-8+/t19-,20+,21+,22-,24+,25-,26+,27+,28-,29+,30-,31+,32-,33+,34+,35+,36-,37-,38-,39+,40-/m0/s1. The van der Waals surface area contributed by atoms with Gasteiger partial charge in [-0.1, -0.05) is 52.8 Å². The predicted molar refractivity (Wildman–Crippen MR) is 193 cm³/mol. The monoisotopic (exact) mass is 770 g/mol. The lowest BCUT2D eigenvalue weighted by Crippen LogP contribution is -2.66. The Hall–Kier alpha value is -1.08. The molecule has 0 bridgehead atoms. The number of aliphatic hydroxyl groups is 9. The van der Waals surface area contributed by atoms with Crippen LogP contribution in [0.2, 0.25) is 0 Å². The maximum Gasteiger partial charge on any atom is 0.187 e. The van der Waals surface area contributed by atoms with Crippen molar-refractivity contribution in [2.24, 2.45) is 46.3 Å². The third-order valence-corrected chi connectivity index (χ3v) is 14.7. The normalized spacial score (nSPS) is 51.2. The van der Waals surface area contributed by atoms with Gasteiger partial charge in [0.05, 0.1) is 49.8 Å².